The zero-order chi connectivity index (χ0) is 25.1. The third kappa shape index (κ3) is 4.90. The van der Waals surface area contributed by atoms with Crippen molar-refractivity contribution in [1.82, 2.24) is 4.98 Å². The van der Waals surface area contributed by atoms with E-state index in [0.717, 1.165) is 15.6 Å². The van der Waals surface area contributed by atoms with E-state index in [1.54, 1.807) is 18.3 Å². The highest BCUT2D eigenvalue weighted by Crippen LogP contribution is 2.32. The predicted molar refractivity (Wildman–Crippen MR) is 145 cm³/mol. The van der Waals surface area contributed by atoms with E-state index in [0.29, 0.717) is 17.0 Å². The summed E-state index contributed by atoms with van der Waals surface area (Å²) in [6.45, 7) is 4.64. The second-order valence-electron chi connectivity index (χ2n) is 9.02. The Bertz CT molecular complexity index is 1510. The summed E-state index contributed by atoms with van der Waals surface area (Å²) in [4.78, 5) is 17.2. The molecular formula is C30H25BrN2O3. The molecule has 0 radical (unpaired) electrons. The first-order valence-corrected chi connectivity index (χ1v) is 12.4. The van der Waals surface area contributed by atoms with Gasteiger partial charge < -0.3 is 14.5 Å². The molecule has 0 aliphatic carbocycles. The third-order valence-electron chi connectivity index (χ3n) is 6.30. The van der Waals surface area contributed by atoms with Crippen LogP contribution in [0.2, 0.25) is 0 Å². The van der Waals surface area contributed by atoms with Crippen molar-refractivity contribution in [2.45, 2.75) is 25.9 Å². The van der Waals surface area contributed by atoms with E-state index >= 15 is 0 Å². The number of fused-ring (bicyclic) bond motifs is 1. The van der Waals surface area contributed by atoms with Crippen molar-refractivity contribution >= 4 is 38.4 Å². The van der Waals surface area contributed by atoms with Crippen molar-refractivity contribution < 1.29 is 13.9 Å². The number of amides is 1. The summed E-state index contributed by atoms with van der Waals surface area (Å²) in [6, 6.07) is 29.4. The first-order valence-electron chi connectivity index (χ1n) is 11.6. The molecule has 0 aliphatic rings. The highest BCUT2D eigenvalue weighted by atomic mass is 79.9. The normalized spacial score (nSPS) is 11.4. The van der Waals surface area contributed by atoms with Crippen LogP contribution < -0.4 is 10.1 Å². The number of rotatable bonds is 7. The van der Waals surface area contributed by atoms with E-state index in [2.05, 4.69) is 76.5 Å². The average Bonchev–Trinajstić information content (AvgIpc) is 3.39. The zero-order valence-corrected chi connectivity index (χ0v) is 21.6. The molecule has 0 aliphatic heterocycles. The van der Waals surface area contributed by atoms with E-state index in [-0.39, 0.29) is 23.7 Å². The minimum absolute atomic E-state index is 0.112. The lowest BCUT2D eigenvalue weighted by Crippen LogP contribution is -2.18. The van der Waals surface area contributed by atoms with Gasteiger partial charge in [0.1, 0.15) is 18.1 Å². The van der Waals surface area contributed by atoms with Gasteiger partial charge >= 0.3 is 0 Å². The van der Waals surface area contributed by atoms with Gasteiger partial charge in [-0.3, -0.25) is 9.78 Å². The lowest BCUT2D eigenvalue weighted by Gasteiger charge is -2.26. The van der Waals surface area contributed by atoms with E-state index in [1.807, 2.05) is 42.5 Å². The number of anilines is 1. The minimum atomic E-state index is -0.344. The van der Waals surface area contributed by atoms with Crippen molar-refractivity contribution in [2.75, 3.05) is 5.32 Å². The van der Waals surface area contributed by atoms with E-state index in [9.17, 15) is 4.79 Å². The van der Waals surface area contributed by atoms with Crippen LogP contribution in [0.1, 0.15) is 41.3 Å². The number of nitrogens with one attached hydrogen (secondary N) is 1. The van der Waals surface area contributed by atoms with Crippen molar-refractivity contribution in [1.29, 1.82) is 0 Å². The average molecular weight is 541 g/mol. The fourth-order valence-electron chi connectivity index (χ4n) is 4.14. The maximum Gasteiger partial charge on any atom is 0.291 e. The molecule has 2 aromatic heterocycles. The molecule has 0 saturated carbocycles. The van der Waals surface area contributed by atoms with Crippen LogP contribution in [0.15, 0.2) is 106 Å². The first-order chi connectivity index (χ1) is 17.4. The SMILES string of the molecule is CC(C)(c1ccccc1)c1ccc(OCc2ccc(C(=O)Nc3ccc(Br)c4cccnc34)o2)cc1. The number of aromatic nitrogens is 1. The standard InChI is InChI=1S/C30H25BrN2O3/c1-30(2,20-7-4-3-5-8-20)21-10-12-22(13-11-21)35-19-23-14-17-27(36-23)29(34)33-26-16-15-25(31)24-9-6-18-32-28(24)26/h3-18H,19H2,1-2H3,(H,33,34). The van der Waals surface area contributed by atoms with Crippen LogP contribution in [0.3, 0.4) is 0 Å². The van der Waals surface area contributed by atoms with E-state index < -0.39 is 0 Å². The monoisotopic (exact) mass is 540 g/mol. The lowest BCUT2D eigenvalue weighted by atomic mass is 9.78. The topological polar surface area (TPSA) is 64.4 Å². The number of hydrogen-bond donors (Lipinski definition) is 1. The molecule has 5 aromatic rings. The zero-order valence-electron chi connectivity index (χ0n) is 20.0. The summed E-state index contributed by atoms with van der Waals surface area (Å²) in [5, 5.41) is 3.81. The second kappa shape index (κ2) is 9.99. The molecule has 0 atom stereocenters. The van der Waals surface area contributed by atoms with Crippen molar-refractivity contribution in [3.63, 3.8) is 0 Å². The smallest absolute Gasteiger partial charge is 0.291 e. The summed E-state index contributed by atoms with van der Waals surface area (Å²) < 4.78 is 12.6. The Hall–Kier alpha value is -3.90. The van der Waals surface area contributed by atoms with Crippen molar-refractivity contribution in [3.8, 4) is 5.75 Å². The van der Waals surface area contributed by atoms with Gasteiger partial charge in [0, 0.05) is 21.5 Å². The van der Waals surface area contributed by atoms with Crippen molar-refractivity contribution in [2.24, 2.45) is 0 Å². The van der Waals surface area contributed by atoms with Crippen LogP contribution in [0.25, 0.3) is 10.9 Å². The van der Waals surface area contributed by atoms with Gasteiger partial charge in [0.15, 0.2) is 5.76 Å². The summed E-state index contributed by atoms with van der Waals surface area (Å²) >= 11 is 3.52. The number of ether oxygens (including phenoxy) is 1. The Morgan fingerprint density at radius 1 is 0.917 bits per heavy atom. The lowest BCUT2D eigenvalue weighted by molar-refractivity contribution is 0.0992. The van der Waals surface area contributed by atoms with Gasteiger partial charge in [-0.15, -0.1) is 0 Å². The molecular weight excluding hydrogens is 516 g/mol. The van der Waals surface area contributed by atoms with E-state index in [4.69, 9.17) is 9.15 Å². The van der Waals surface area contributed by atoms with Gasteiger partial charge in [0.05, 0.1) is 11.2 Å². The van der Waals surface area contributed by atoms with Gasteiger partial charge in [0.25, 0.3) is 5.91 Å². The minimum Gasteiger partial charge on any atom is -0.486 e. The van der Waals surface area contributed by atoms with Crippen LogP contribution in [-0.2, 0) is 12.0 Å². The molecule has 5 rings (SSSR count). The summed E-state index contributed by atoms with van der Waals surface area (Å²) in [5.41, 5.74) is 3.67. The number of halogens is 1. The van der Waals surface area contributed by atoms with Crippen molar-refractivity contribution in [3.05, 3.63) is 124 Å². The maximum absolute atomic E-state index is 12.8. The summed E-state index contributed by atoms with van der Waals surface area (Å²) in [5.74, 6) is 1.16. The molecule has 36 heavy (non-hydrogen) atoms. The molecule has 6 heteroatoms. The van der Waals surface area contributed by atoms with Gasteiger partial charge in [0.2, 0.25) is 0 Å². The van der Waals surface area contributed by atoms with Crippen LogP contribution in [0, 0.1) is 0 Å². The Morgan fingerprint density at radius 3 is 2.44 bits per heavy atom. The number of furan rings is 1. The summed E-state index contributed by atoms with van der Waals surface area (Å²) in [6.07, 6.45) is 1.70. The first kappa shape index (κ1) is 23.8. The number of carbonyl (C=O) groups is 1. The Kier molecular flexibility index (Phi) is 6.61. The van der Waals surface area contributed by atoms with Gasteiger partial charge in [-0.2, -0.15) is 0 Å². The molecule has 1 N–H and O–H groups in total. The third-order valence-corrected chi connectivity index (χ3v) is 6.99. The molecule has 0 spiro atoms. The number of carbonyl (C=O) groups excluding carboxylic acids is 1. The maximum atomic E-state index is 12.8. The largest absolute Gasteiger partial charge is 0.486 e. The van der Waals surface area contributed by atoms with Crippen LogP contribution in [-0.4, -0.2) is 10.9 Å². The quantitative estimate of drug-likeness (QED) is 0.229. The predicted octanol–water partition coefficient (Wildman–Crippen LogP) is 7.75. The number of hydrogen-bond acceptors (Lipinski definition) is 4. The molecule has 1 amide bonds. The van der Waals surface area contributed by atoms with Gasteiger partial charge in [-0.05, 0) is 53.6 Å². The molecule has 2 heterocycles. The molecule has 0 saturated heterocycles. The highest BCUT2D eigenvalue weighted by Gasteiger charge is 2.22. The molecule has 0 bridgehead atoms. The fourth-order valence-corrected chi connectivity index (χ4v) is 4.60. The molecule has 0 fully saturated rings. The number of benzene rings is 3. The molecule has 0 unspecified atom stereocenters. The van der Waals surface area contributed by atoms with Crippen LogP contribution in [0.5, 0.6) is 5.75 Å². The Balaban J connectivity index is 1.23. The van der Waals surface area contributed by atoms with Crippen LogP contribution in [0.4, 0.5) is 5.69 Å². The number of pyridine rings is 1. The molecule has 5 nitrogen and oxygen atoms in total. The van der Waals surface area contributed by atoms with Crippen LogP contribution >= 0.6 is 15.9 Å². The molecule has 180 valence electrons. The van der Waals surface area contributed by atoms with Gasteiger partial charge in [-0.1, -0.05) is 78.3 Å². The molecule has 3 aromatic carbocycles. The second-order valence-corrected chi connectivity index (χ2v) is 9.87. The number of nitrogens with zero attached hydrogens (tertiary/aromatic N) is 1. The Labute approximate surface area is 218 Å². The van der Waals surface area contributed by atoms with E-state index in [1.165, 1.54) is 11.1 Å². The Morgan fingerprint density at radius 2 is 1.67 bits per heavy atom. The fraction of sp³-hybridized carbons (Fsp3) is 0.133. The summed E-state index contributed by atoms with van der Waals surface area (Å²) in [7, 11) is 0. The van der Waals surface area contributed by atoms with Gasteiger partial charge in [-0.25, -0.2) is 0 Å². The highest BCUT2D eigenvalue weighted by molar-refractivity contribution is 9.10.